The van der Waals surface area contributed by atoms with Gasteiger partial charge in [0.15, 0.2) is 0 Å². The second-order valence-electron chi connectivity index (χ2n) is 5.34. The lowest BCUT2D eigenvalue weighted by atomic mass is 9.75. The normalized spacial score (nSPS) is 23.1. The van der Waals surface area contributed by atoms with Gasteiger partial charge in [-0.15, -0.1) is 0 Å². The van der Waals surface area contributed by atoms with E-state index in [1.54, 1.807) is 0 Å². The molecule has 1 fully saturated rings. The van der Waals surface area contributed by atoms with Crippen LogP contribution in [0.5, 0.6) is 0 Å². The van der Waals surface area contributed by atoms with E-state index < -0.39 is 0 Å². The summed E-state index contributed by atoms with van der Waals surface area (Å²) in [5.41, 5.74) is 3.29. The molecule has 2 aromatic carbocycles. The van der Waals surface area contributed by atoms with Crippen molar-refractivity contribution in [3.05, 3.63) is 71.8 Å². The smallest absolute Gasteiger partial charge is 0.0859 e. The van der Waals surface area contributed by atoms with E-state index in [1.165, 1.54) is 30.6 Å². The highest BCUT2D eigenvalue weighted by Crippen LogP contribution is 2.32. The molecule has 0 saturated carbocycles. The van der Waals surface area contributed by atoms with Crippen LogP contribution < -0.4 is 5.32 Å². The third kappa shape index (κ3) is 2.19. The van der Waals surface area contributed by atoms with E-state index in [4.69, 9.17) is 0 Å². The molecule has 0 aliphatic carbocycles. The fraction of sp³-hybridized carbons (Fsp3) is 0.294. The second kappa shape index (κ2) is 4.95. The molecule has 2 aromatic rings. The molecule has 1 atom stereocenters. The van der Waals surface area contributed by atoms with Crippen molar-refractivity contribution in [2.75, 3.05) is 13.1 Å². The first kappa shape index (κ1) is 11.5. The molecule has 18 heavy (non-hydrogen) atoms. The first-order chi connectivity index (χ1) is 8.89. The fourth-order valence-corrected chi connectivity index (χ4v) is 3.16. The molecule has 1 aliphatic rings. The Morgan fingerprint density at radius 1 is 0.889 bits per heavy atom. The molecule has 2 N–H and O–H groups in total. The minimum absolute atomic E-state index is 0.336. The van der Waals surface area contributed by atoms with Crippen LogP contribution in [-0.4, -0.2) is 13.1 Å². The minimum Gasteiger partial charge on any atom is -0.345 e. The molecule has 0 spiro atoms. The standard InChI is InChI=1S/C17H19N/c1-3-7-15(8-4-1)13-17(11-12-18-14-17)16-9-5-2-6-10-16/h1-10,18H,11-14H2/p+1/t17-/m0/s1. The van der Waals surface area contributed by atoms with Gasteiger partial charge in [0.25, 0.3) is 0 Å². The number of quaternary nitrogens is 1. The summed E-state index contributed by atoms with van der Waals surface area (Å²) >= 11 is 0. The monoisotopic (exact) mass is 238 g/mol. The van der Waals surface area contributed by atoms with Crippen molar-refractivity contribution in [2.24, 2.45) is 0 Å². The lowest BCUT2D eigenvalue weighted by Crippen LogP contribution is -2.82. The van der Waals surface area contributed by atoms with Gasteiger partial charge in [0, 0.05) is 6.42 Å². The predicted octanol–water partition coefficient (Wildman–Crippen LogP) is 2.13. The Morgan fingerprint density at radius 3 is 2.17 bits per heavy atom. The second-order valence-corrected chi connectivity index (χ2v) is 5.34. The summed E-state index contributed by atoms with van der Waals surface area (Å²) in [6.45, 7) is 2.47. The molecule has 0 amide bonds. The highest BCUT2D eigenvalue weighted by molar-refractivity contribution is 5.30. The molecule has 0 unspecified atom stereocenters. The molecule has 1 aliphatic heterocycles. The van der Waals surface area contributed by atoms with Crippen LogP contribution in [0.4, 0.5) is 0 Å². The highest BCUT2D eigenvalue weighted by Gasteiger charge is 2.38. The van der Waals surface area contributed by atoms with Crippen LogP contribution in [0.2, 0.25) is 0 Å². The van der Waals surface area contributed by atoms with Gasteiger partial charge in [0.05, 0.1) is 18.5 Å². The SMILES string of the molecule is c1ccc(C[C@@]2(c3ccccc3)CC[NH2+]C2)cc1. The zero-order chi connectivity index (χ0) is 12.3. The van der Waals surface area contributed by atoms with Crippen LogP contribution in [0.15, 0.2) is 60.7 Å². The van der Waals surface area contributed by atoms with Gasteiger partial charge in [-0.2, -0.15) is 0 Å². The minimum atomic E-state index is 0.336. The van der Waals surface area contributed by atoms with Crippen LogP contribution in [0.25, 0.3) is 0 Å². The van der Waals surface area contributed by atoms with Gasteiger partial charge in [-0.25, -0.2) is 0 Å². The summed E-state index contributed by atoms with van der Waals surface area (Å²) < 4.78 is 0. The lowest BCUT2D eigenvalue weighted by molar-refractivity contribution is -0.639. The molecule has 0 aromatic heterocycles. The molecule has 1 heterocycles. The quantitative estimate of drug-likeness (QED) is 0.843. The summed E-state index contributed by atoms with van der Waals surface area (Å²) in [6, 6.07) is 21.9. The summed E-state index contributed by atoms with van der Waals surface area (Å²) in [6.07, 6.45) is 2.44. The van der Waals surface area contributed by atoms with Crippen molar-refractivity contribution in [1.82, 2.24) is 0 Å². The highest BCUT2D eigenvalue weighted by atomic mass is 14.9. The van der Waals surface area contributed by atoms with Gasteiger partial charge in [-0.1, -0.05) is 60.7 Å². The molecule has 3 rings (SSSR count). The maximum absolute atomic E-state index is 2.45. The lowest BCUT2D eigenvalue weighted by Gasteiger charge is -2.26. The van der Waals surface area contributed by atoms with Crippen molar-refractivity contribution >= 4 is 0 Å². The molecule has 0 radical (unpaired) electrons. The van der Waals surface area contributed by atoms with E-state index in [1.807, 2.05) is 0 Å². The topological polar surface area (TPSA) is 16.6 Å². The Kier molecular flexibility index (Phi) is 3.16. The van der Waals surface area contributed by atoms with Crippen molar-refractivity contribution in [1.29, 1.82) is 0 Å². The van der Waals surface area contributed by atoms with Gasteiger partial charge in [-0.05, 0) is 17.5 Å². The fourth-order valence-electron chi connectivity index (χ4n) is 3.16. The van der Waals surface area contributed by atoms with Gasteiger partial charge in [0.2, 0.25) is 0 Å². The van der Waals surface area contributed by atoms with Crippen LogP contribution in [0, 0.1) is 0 Å². The van der Waals surface area contributed by atoms with E-state index in [-0.39, 0.29) is 0 Å². The Morgan fingerprint density at radius 2 is 1.56 bits per heavy atom. The van der Waals surface area contributed by atoms with Gasteiger partial charge in [-0.3, -0.25) is 0 Å². The van der Waals surface area contributed by atoms with E-state index in [2.05, 4.69) is 66.0 Å². The largest absolute Gasteiger partial charge is 0.345 e. The molecule has 1 saturated heterocycles. The van der Waals surface area contributed by atoms with Crippen molar-refractivity contribution in [3.8, 4) is 0 Å². The van der Waals surface area contributed by atoms with Gasteiger partial charge < -0.3 is 5.32 Å². The number of nitrogens with two attached hydrogens (primary N) is 1. The van der Waals surface area contributed by atoms with E-state index >= 15 is 0 Å². The average Bonchev–Trinajstić information content (AvgIpc) is 2.91. The summed E-state index contributed by atoms with van der Waals surface area (Å²) in [7, 11) is 0. The Balaban J connectivity index is 1.93. The van der Waals surface area contributed by atoms with Gasteiger partial charge in [0.1, 0.15) is 0 Å². The third-order valence-electron chi connectivity index (χ3n) is 4.13. The predicted molar refractivity (Wildman–Crippen MR) is 74.5 cm³/mol. The van der Waals surface area contributed by atoms with E-state index in [9.17, 15) is 0 Å². The summed E-state index contributed by atoms with van der Waals surface area (Å²) in [5, 5.41) is 2.45. The number of hydrogen-bond acceptors (Lipinski definition) is 0. The molecule has 0 bridgehead atoms. The first-order valence-electron chi connectivity index (χ1n) is 6.80. The number of benzene rings is 2. The molecular weight excluding hydrogens is 218 g/mol. The summed E-state index contributed by atoms with van der Waals surface area (Å²) in [4.78, 5) is 0. The Labute approximate surface area is 109 Å². The molecule has 1 heteroatoms. The molecular formula is C17H20N+. The van der Waals surface area contributed by atoms with E-state index in [0.717, 1.165) is 6.42 Å². The van der Waals surface area contributed by atoms with E-state index in [0.29, 0.717) is 5.41 Å². The van der Waals surface area contributed by atoms with Crippen LogP contribution >= 0.6 is 0 Å². The Bertz CT molecular complexity index is 484. The van der Waals surface area contributed by atoms with Crippen LogP contribution in [0.3, 0.4) is 0 Å². The van der Waals surface area contributed by atoms with Crippen molar-refractivity contribution < 1.29 is 5.32 Å². The summed E-state index contributed by atoms with van der Waals surface area (Å²) in [5.74, 6) is 0. The number of rotatable bonds is 3. The van der Waals surface area contributed by atoms with Crippen molar-refractivity contribution in [3.63, 3.8) is 0 Å². The maximum atomic E-state index is 2.45. The molecule has 92 valence electrons. The number of hydrogen-bond donors (Lipinski definition) is 1. The Hall–Kier alpha value is -1.60. The third-order valence-corrected chi connectivity index (χ3v) is 4.13. The zero-order valence-corrected chi connectivity index (χ0v) is 10.7. The molecule has 1 nitrogen and oxygen atoms in total. The van der Waals surface area contributed by atoms with Crippen molar-refractivity contribution in [2.45, 2.75) is 18.3 Å². The van der Waals surface area contributed by atoms with Crippen LogP contribution in [-0.2, 0) is 11.8 Å². The zero-order valence-electron chi connectivity index (χ0n) is 10.7. The maximum Gasteiger partial charge on any atom is 0.0859 e. The van der Waals surface area contributed by atoms with Gasteiger partial charge >= 0.3 is 0 Å². The van der Waals surface area contributed by atoms with Crippen LogP contribution in [0.1, 0.15) is 17.5 Å². The first-order valence-corrected chi connectivity index (χ1v) is 6.80. The average molecular weight is 238 g/mol.